The van der Waals surface area contributed by atoms with Crippen molar-refractivity contribution in [3.8, 4) is 5.75 Å². The summed E-state index contributed by atoms with van der Waals surface area (Å²) in [4.78, 5) is 20.1. The molecule has 162 valence electrons. The molecule has 4 heterocycles. The highest BCUT2D eigenvalue weighted by atomic mass is 16.5. The molecule has 0 N–H and O–H groups in total. The van der Waals surface area contributed by atoms with Gasteiger partial charge in [0.2, 0.25) is 0 Å². The lowest BCUT2D eigenvalue weighted by Crippen LogP contribution is -2.26. The van der Waals surface area contributed by atoms with Gasteiger partial charge in [-0.05, 0) is 55.3 Å². The average Bonchev–Trinajstić information content (AvgIpc) is 3.24. The number of fused-ring (bicyclic) bond motifs is 6. The van der Waals surface area contributed by atoms with Gasteiger partial charge in [0.25, 0.3) is 5.56 Å². The molecule has 2 aromatic carbocycles. The largest absolute Gasteiger partial charge is 0.493 e. The van der Waals surface area contributed by atoms with Crippen LogP contribution in [0.15, 0.2) is 65.6 Å². The first-order chi connectivity index (χ1) is 15.7. The monoisotopic (exact) mass is 425 g/mol. The molecule has 2 aliphatic rings. The zero-order valence-corrected chi connectivity index (χ0v) is 18.3. The molecule has 2 aromatic heterocycles. The van der Waals surface area contributed by atoms with Gasteiger partial charge in [0.1, 0.15) is 11.4 Å². The fraction of sp³-hybridized carbons (Fsp3) is 0.333. The maximum atomic E-state index is 12.9. The fourth-order valence-corrected chi connectivity index (χ4v) is 5.62. The average molecular weight is 426 g/mol. The lowest BCUT2D eigenvalue weighted by Gasteiger charge is -2.29. The van der Waals surface area contributed by atoms with Crippen molar-refractivity contribution in [3.63, 3.8) is 0 Å². The standard InChI is InChI=1S/C27H27N3O2/c1-18-21(27(31)30-14-5-4-10-25(30)28-18)9-6-13-29-15-20-17-32-24-12-11-19-7-2-3-8-22(19)26(24)23(20)16-29/h2-5,7-8,10-12,14,20,23H,6,9,13,15-17H2,1H3/t20-,23-/m0/s1. The van der Waals surface area contributed by atoms with Gasteiger partial charge < -0.3 is 9.64 Å². The molecule has 0 bridgehead atoms. The predicted octanol–water partition coefficient (Wildman–Crippen LogP) is 4.20. The van der Waals surface area contributed by atoms with Gasteiger partial charge in [-0.25, -0.2) is 4.98 Å². The number of benzene rings is 2. The van der Waals surface area contributed by atoms with Gasteiger partial charge in [-0.2, -0.15) is 0 Å². The Morgan fingerprint density at radius 1 is 1.06 bits per heavy atom. The molecule has 5 nitrogen and oxygen atoms in total. The van der Waals surface area contributed by atoms with Crippen LogP contribution in [0.1, 0.15) is 29.2 Å². The summed E-state index contributed by atoms with van der Waals surface area (Å²) in [6, 6.07) is 18.6. The molecule has 0 unspecified atom stereocenters. The Morgan fingerprint density at radius 3 is 2.88 bits per heavy atom. The second-order valence-corrected chi connectivity index (χ2v) is 9.15. The Morgan fingerprint density at radius 2 is 1.94 bits per heavy atom. The minimum Gasteiger partial charge on any atom is -0.493 e. The number of pyridine rings is 1. The SMILES string of the molecule is Cc1nc2ccccn2c(=O)c1CCCN1C[C@H]2COc3ccc4ccccc4c3[C@H]2C1. The molecule has 0 amide bonds. The second kappa shape index (κ2) is 7.75. The van der Waals surface area contributed by atoms with E-state index in [0.717, 1.165) is 56.1 Å². The Hall–Kier alpha value is -3.18. The van der Waals surface area contributed by atoms with Gasteiger partial charge >= 0.3 is 0 Å². The van der Waals surface area contributed by atoms with E-state index >= 15 is 0 Å². The van der Waals surface area contributed by atoms with Crippen molar-refractivity contribution in [1.29, 1.82) is 0 Å². The maximum absolute atomic E-state index is 12.9. The number of likely N-dealkylation sites (tertiary alicyclic amines) is 1. The summed E-state index contributed by atoms with van der Waals surface area (Å²) in [5.74, 6) is 2.10. The molecule has 1 fully saturated rings. The summed E-state index contributed by atoms with van der Waals surface area (Å²) in [6.45, 7) is 5.85. The summed E-state index contributed by atoms with van der Waals surface area (Å²) in [5, 5.41) is 2.61. The van der Waals surface area contributed by atoms with E-state index in [1.54, 1.807) is 10.6 Å². The Labute approximate surface area is 187 Å². The van der Waals surface area contributed by atoms with Crippen molar-refractivity contribution in [3.05, 3.63) is 88.0 Å². The van der Waals surface area contributed by atoms with E-state index in [1.165, 1.54) is 16.3 Å². The van der Waals surface area contributed by atoms with Crippen LogP contribution in [0.3, 0.4) is 0 Å². The van der Waals surface area contributed by atoms with Gasteiger partial charge in [-0.1, -0.05) is 36.4 Å². The summed E-state index contributed by atoms with van der Waals surface area (Å²) >= 11 is 0. The number of hydrogen-bond donors (Lipinski definition) is 0. The van der Waals surface area contributed by atoms with Gasteiger partial charge in [0, 0.05) is 47.9 Å². The predicted molar refractivity (Wildman–Crippen MR) is 127 cm³/mol. The van der Waals surface area contributed by atoms with Gasteiger partial charge in [0.15, 0.2) is 0 Å². The molecular weight excluding hydrogens is 398 g/mol. The van der Waals surface area contributed by atoms with E-state index in [-0.39, 0.29) is 5.56 Å². The number of ether oxygens (including phenoxy) is 1. The molecule has 6 rings (SSSR count). The summed E-state index contributed by atoms with van der Waals surface area (Å²) < 4.78 is 7.82. The molecule has 0 radical (unpaired) electrons. The van der Waals surface area contributed by atoms with Gasteiger partial charge in [-0.15, -0.1) is 0 Å². The van der Waals surface area contributed by atoms with Crippen LogP contribution in [-0.2, 0) is 6.42 Å². The third-order valence-corrected chi connectivity index (χ3v) is 7.21. The highest BCUT2D eigenvalue weighted by Gasteiger charge is 2.39. The van der Waals surface area contributed by atoms with Crippen molar-refractivity contribution in [2.75, 3.05) is 26.2 Å². The van der Waals surface area contributed by atoms with Crippen LogP contribution in [0.2, 0.25) is 0 Å². The molecule has 2 atom stereocenters. The normalized spacial score (nSPS) is 20.3. The molecule has 5 heteroatoms. The molecule has 4 aromatic rings. The van der Waals surface area contributed by atoms with Gasteiger partial charge in [0.05, 0.1) is 6.61 Å². The fourth-order valence-electron chi connectivity index (χ4n) is 5.62. The first-order valence-electron chi connectivity index (χ1n) is 11.5. The van der Waals surface area contributed by atoms with Crippen LogP contribution < -0.4 is 10.3 Å². The van der Waals surface area contributed by atoms with Crippen molar-refractivity contribution >= 4 is 16.4 Å². The minimum atomic E-state index is 0.0667. The molecule has 1 saturated heterocycles. The smallest absolute Gasteiger partial charge is 0.261 e. The molecule has 2 aliphatic heterocycles. The van der Waals surface area contributed by atoms with E-state index in [0.29, 0.717) is 17.5 Å². The summed E-state index contributed by atoms with van der Waals surface area (Å²) in [7, 11) is 0. The van der Waals surface area contributed by atoms with Crippen molar-refractivity contribution in [2.24, 2.45) is 5.92 Å². The van der Waals surface area contributed by atoms with E-state index in [2.05, 4.69) is 46.3 Å². The quantitative estimate of drug-likeness (QED) is 0.492. The Kier molecular flexibility index (Phi) is 4.72. The molecule has 0 saturated carbocycles. The van der Waals surface area contributed by atoms with Crippen molar-refractivity contribution < 1.29 is 4.74 Å². The molecule has 0 aliphatic carbocycles. The third-order valence-electron chi connectivity index (χ3n) is 7.21. The van der Waals surface area contributed by atoms with Crippen LogP contribution in [0.5, 0.6) is 5.75 Å². The highest BCUT2D eigenvalue weighted by molar-refractivity contribution is 5.88. The van der Waals surface area contributed by atoms with Crippen LogP contribution in [0, 0.1) is 12.8 Å². The lowest BCUT2D eigenvalue weighted by atomic mass is 9.84. The first kappa shape index (κ1) is 19.5. The molecular formula is C27H27N3O2. The number of hydrogen-bond acceptors (Lipinski definition) is 4. The van der Waals surface area contributed by atoms with Gasteiger partial charge in [-0.3, -0.25) is 9.20 Å². The van der Waals surface area contributed by atoms with E-state index in [4.69, 9.17) is 4.74 Å². The van der Waals surface area contributed by atoms with Crippen molar-refractivity contribution in [2.45, 2.75) is 25.7 Å². The van der Waals surface area contributed by atoms with E-state index < -0.39 is 0 Å². The van der Waals surface area contributed by atoms with E-state index in [1.807, 2.05) is 25.1 Å². The number of nitrogens with zero attached hydrogens (tertiary/aromatic N) is 3. The third kappa shape index (κ3) is 3.19. The zero-order valence-electron chi connectivity index (χ0n) is 18.3. The zero-order chi connectivity index (χ0) is 21.7. The van der Waals surface area contributed by atoms with Crippen molar-refractivity contribution in [1.82, 2.24) is 14.3 Å². The Bertz CT molecular complexity index is 1380. The first-order valence-corrected chi connectivity index (χ1v) is 11.5. The number of aryl methyl sites for hydroxylation is 1. The lowest BCUT2D eigenvalue weighted by molar-refractivity contribution is 0.213. The van der Waals surface area contributed by atoms with Crippen LogP contribution in [0.25, 0.3) is 16.4 Å². The van der Waals surface area contributed by atoms with E-state index in [9.17, 15) is 4.79 Å². The maximum Gasteiger partial charge on any atom is 0.261 e. The van der Waals surface area contributed by atoms with Crippen LogP contribution in [0.4, 0.5) is 0 Å². The highest BCUT2D eigenvalue weighted by Crippen LogP contribution is 2.45. The number of rotatable bonds is 4. The number of aromatic nitrogens is 2. The second-order valence-electron chi connectivity index (χ2n) is 9.15. The topological polar surface area (TPSA) is 46.8 Å². The summed E-state index contributed by atoms with van der Waals surface area (Å²) in [5.41, 5.74) is 3.86. The van der Waals surface area contributed by atoms with Crippen LogP contribution in [-0.4, -0.2) is 40.5 Å². The Balaban J connectivity index is 1.19. The molecule has 32 heavy (non-hydrogen) atoms. The van der Waals surface area contributed by atoms with Crippen LogP contribution >= 0.6 is 0 Å². The summed E-state index contributed by atoms with van der Waals surface area (Å²) in [6.07, 6.45) is 3.53. The minimum absolute atomic E-state index is 0.0667. The molecule has 0 spiro atoms.